The number of carboxylic acid groups (broad SMARTS) is 1. The highest BCUT2D eigenvalue weighted by Crippen LogP contribution is 2.19. The second-order valence-corrected chi connectivity index (χ2v) is 6.77. The second-order valence-electron chi connectivity index (χ2n) is 6.77. The van der Waals surface area contributed by atoms with Crippen molar-refractivity contribution in [3.63, 3.8) is 0 Å². The average Bonchev–Trinajstić information content (AvgIpc) is 3.01. The summed E-state index contributed by atoms with van der Waals surface area (Å²) in [6.07, 6.45) is 1.03. The number of nitrogens with zero attached hydrogens (tertiary/aromatic N) is 1. The van der Waals surface area contributed by atoms with Gasteiger partial charge in [-0.1, -0.05) is 26.0 Å². The molecule has 0 aliphatic heterocycles. The molecule has 1 N–H and O–H groups in total. The van der Waals surface area contributed by atoms with Crippen molar-refractivity contribution in [2.45, 2.75) is 59.0 Å². The zero-order chi connectivity index (χ0) is 19.8. The summed E-state index contributed by atoms with van der Waals surface area (Å²) in [4.78, 5) is 15.6. The summed E-state index contributed by atoms with van der Waals surface area (Å²) >= 11 is 0. The van der Waals surface area contributed by atoms with Gasteiger partial charge in [0.15, 0.2) is 12.0 Å². The van der Waals surface area contributed by atoms with Crippen molar-refractivity contribution in [1.82, 2.24) is 4.98 Å². The molecule has 2 rings (SSSR count). The number of aliphatic carboxylic acids is 1. The number of oxazole rings is 1. The zero-order valence-electron chi connectivity index (χ0n) is 16.5. The first-order valence-electron chi connectivity index (χ1n) is 9.43. The van der Waals surface area contributed by atoms with Crippen molar-refractivity contribution >= 4 is 5.97 Å². The molecule has 27 heavy (non-hydrogen) atoms. The minimum Gasteiger partial charge on any atom is -0.493 e. The Morgan fingerprint density at radius 1 is 1.22 bits per heavy atom. The SMILES string of the molecule is CCOC(CCc1ccc(OCCc2nc(C(C)C)oc2C)cc1)C(=O)O. The molecule has 1 aromatic heterocycles. The van der Waals surface area contributed by atoms with Crippen LogP contribution < -0.4 is 4.74 Å². The van der Waals surface area contributed by atoms with Crippen LogP contribution in [0.25, 0.3) is 0 Å². The molecule has 0 fully saturated rings. The molecule has 2 aromatic rings. The molecular formula is C21H29NO5. The lowest BCUT2D eigenvalue weighted by Crippen LogP contribution is -2.24. The van der Waals surface area contributed by atoms with Crippen LogP contribution in [0.2, 0.25) is 0 Å². The quantitative estimate of drug-likeness (QED) is 0.635. The van der Waals surface area contributed by atoms with E-state index in [1.165, 1.54) is 0 Å². The van der Waals surface area contributed by atoms with E-state index in [0.717, 1.165) is 28.7 Å². The third-order valence-corrected chi connectivity index (χ3v) is 4.27. The van der Waals surface area contributed by atoms with Gasteiger partial charge in [-0.3, -0.25) is 0 Å². The molecule has 1 aromatic carbocycles. The number of rotatable bonds is 11. The van der Waals surface area contributed by atoms with Gasteiger partial charge < -0.3 is 19.0 Å². The third kappa shape index (κ3) is 6.40. The van der Waals surface area contributed by atoms with Gasteiger partial charge in [-0.15, -0.1) is 0 Å². The van der Waals surface area contributed by atoms with Crippen LogP contribution in [0.1, 0.15) is 56.0 Å². The molecule has 0 aliphatic rings. The normalized spacial score (nSPS) is 12.3. The molecule has 0 saturated heterocycles. The van der Waals surface area contributed by atoms with Crippen LogP contribution in [-0.4, -0.2) is 35.4 Å². The van der Waals surface area contributed by atoms with Gasteiger partial charge >= 0.3 is 5.97 Å². The summed E-state index contributed by atoms with van der Waals surface area (Å²) in [7, 11) is 0. The summed E-state index contributed by atoms with van der Waals surface area (Å²) in [6, 6.07) is 7.72. The molecule has 1 atom stereocenters. The maximum Gasteiger partial charge on any atom is 0.332 e. The summed E-state index contributed by atoms with van der Waals surface area (Å²) in [5.41, 5.74) is 1.99. The van der Waals surface area contributed by atoms with Gasteiger partial charge in [-0.25, -0.2) is 9.78 Å². The number of aryl methyl sites for hydroxylation is 2. The zero-order valence-corrected chi connectivity index (χ0v) is 16.5. The number of aromatic nitrogens is 1. The van der Waals surface area contributed by atoms with Gasteiger partial charge in [0, 0.05) is 18.9 Å². The molecule has 0 aliphatic carbocycles. The molecule has 148 valence electrons. The number of ether oxygens (including phenoxy) is 2. The summed E-state index contributed by atoms with van der Waals surface area (Å²) < 4.78 is 16.7. The molecule has 6 heteroatoms. The Labute approximate surface area is 160 Å². The topological polar surface area (TPSA) is 81.8 Å². The van der Waals surface area contributed by atoms with Crippen molar-refractivity contribution in [3.05, 3.63) is 47.2 Å². The molecular weight excluding hydrogens is 346 g/mol. The standard InChI is InChI=1S/C21H29NO5/c1-5-25-19(21(23)24)11-8-16-6-9-17(10-7-16)26-13-12-18-15(4)27-20(22-18)14(2)3/h6-7,9-10,14,19H,5,8,11-13H2,1-4H3,(H,23,24). The molecule has 0 bridgehead atoms. The van der Waals surface area contributed by atoms with E-state index in [4.69, 9.17) is 19.0 Å². The monoisotopic (exact) mass is 375 g/mol. The van der Waals surface area contributed by atoms with Crippen molar-refractivity contribution in [2.75, 3.05) is 13.2 Å². The van der Waals surface area contributed by atoms with Crippen molar-refractivity contribution in [2.24, 2.45) is 0 Å². The minimum atomic E-state index is -0.916. The Bertz CT molecular complexity index is 721. The number of hydrogen-bond acceptors (Lipinski definition) is 5. The largest absolute Gasteiger partial charge is 0.493 e. The lowest BCUT2D eigenvalue weighted by molar-refractivity contribution is -0.150. The van der Waals surface area contributed by atoms with Crippen LogP contribution in [0.15, 0.2) is 28.7 Å². The Hall–Kier alpha value is -2.34. The van der Waals surface area contributed by atoms with E-state index < -0.39 is 12.1 Å². The van der Waals surface area contributed by atoms with Gasteiger partial charge in [-0.05, 0) is 44.4 Å². The predicted octanol–water partition coefficient (Wildman–Crippen LogP) is 4.15. The van der Waals surface area contributed by atoms with Gasteiger partial charge in [0.25, 0.3) is 0 Å². The lowest BCUT2D eigenvalue weighted by atomic mass is 10.1. The van der Waals surface area contributed by atoms with E-state index in [1.54, 1.807) is 6.92 Å². The highest BCUT2D eigenvalue weighted by atomic mass is 16.5. The van der Waals surface area contributed by atoms with E-state index in [2.05, 4.69) is 18.8 Å². The van der Waals surface area contributed by atoms with Crippen molar-refractivity contribution < 1.29 is 23.8 Å². The second kappa shape index (κ2) is 10.1. The van der Waals surface area contributed by atoms with Crippen LogP contribution in [0, 0.1) is 6.92 Å². The van der Waals surface area contributed by atoms with Crippen LogP contribution in [-0.2, 0) is 22.4 Å². The van der Waals surface area contributed by atoms with Crippen molar-refractivity contribution in [3.8, 4) is 5.75 Å². The van der Waals surface area contributed by atoms with Crippen LogP contribution in [0.4, 0.5) is 0 Å². The van der Waals surface area contributed by atoms with Crippen LogP contribution in [0.3, 0.4) is 0 Å². The Morgan fingerprint density at radius 2 is 1.93 bits per heavy atom. The van der Waals surface area contributed by atoms with E-state index in [0.29, 0.717) is 32.5 Å². The first-order valence-corrected chi connectivity index (χ1v) is 9.43. The molecule has 0 saturated carbocycles. The van der Waals surface area contributed by atoms with Crippen LogP contribution in [0.5, 0.6) is 5.75 Å². The predicted molar refractivity (Wildman–Crippen MR) is 102 cm³/mol. The maximum absolute atomic E-state index is 11.1. The van der Waals surface area contributed by atoms with Crippen LogP contribution >= 0.6 is 0 Å². The third-order valence-electron chi connectivity index (χ3n) is 4.27. The molecule has 0 spiro atoms. The minimum absolute atomic E-state index is 0.273. The fraction of sp³-hybridized carbons (Fsp3) is 0.524. The van der Waals surface area contributed by atoms with E-state index in [9.17, 15) is 4.79 Å². The number of benzene rings is 1. The first kappa shape index (κ1) is 21.0. The van der Waals surface area contributed by atoms with Gasteiger partial charge in [-0.2, -0.15) is 0 Å². The van der Waals surface area contributed by atoms with E-state index >= 15 is 0 Å². The number of hydrogen-bond donors (Lipinski definition) is 1. The summed E-state index contributed by atoms with van der Waals surface area (Å²) in [6.45, 7) is 8.76. The molecule has 0 amide bonds. The smallest absolute Gasteiger partial charge is 0.332 e. The lowest BCUT2D eigenvalue weighted by Gasteiger charge is -2.12. The fourth-order valence-corrected chi connectivity index (χ4v) is 2.72. The van der Waals surface area contributed by atoms with E-state index in [1.807, 2.05) is 31.2 Å². The molecule has 1 heterocycles. The van der Waals surface area contributed by atoms with E-state index in [-0.39, 0.29) is 5.92 Å². The number of carboxylic acids is 1. The van der Waals surface area contributed by atoms with Crippen molar-refractivity contribution in [1.29, 1.82) is 0 Å². The Morgan fingerprint density at radius 3 is 2.48 bits per heavy atom. The Balaban J connectivity index is 1.81. The summed E-state index contributed by atoms with van der Waals surface area (Å²) in [5, 5.41) is 9.11. The van der Waals surface area contributed by atoms with Gasteiger partial charge in [0.2, 0.25) is 0 Å². The fourth-order valence-electron chi connectivity index (χ4n) is 2.72. The summed E-state index contributed by atoms with van der Waals surface area (Å²) in [5.74, 6) is 1.75. The molecule has 0 radical (unpaired) electrons. The number of carbonyl (C=O) groups is 1. The molecule has 1 unspecified atom stereocenters. The van der Waals surface area contributed by atoms with Gasteiger partial charge in [0.05, 0.1) is 12.3 Å². The average molecular weight is 375 g/mol. The van der Waals surface area contributed by atoms with Gasteiger partial charge in [0.1, 0.15) is 11.5 Å². The highest BCUT2D eigenvalue weighted by Gasteiger charge is 2.17. The maximum atomic E-state index is 11.1. The first-order chi connectivity index (χ1) is 12.9. The Kier molecular flexibility index (Phi) is 7.85. The highest BCUT2D eigenvalue weighted by molar-refractivity contribution is 5.72. The molecule has 6 nitrogen and oxygen atoms in total.